The molecule has 106 valence electrons. The van der Waals surface area contributed by atoms with Gasteiger partial charge in [-0.25, -0.2) is 4.79 Å². The second-order valence-electron chi connectivity index (χ2n) is 5.11. The molecule has 0 N–H and O–H groups in total. The molecular formula is C16H18O4. The maximum Gasteiger partial charge on any atom is 0.336 e. The molecular weight excluding hydrogens is 256 g/mol. The lowest BCUT2D eigenvalue weighted by atomic mass is 9.85. The molecule has 20 heavy (non-hydrogen) atoms. The minimum absolute atomic E-state index is 0.264. The van der Waals surface area contributed by atoms with Gasteiger partial charge in [0.25, 0.3) is 0 Å². The van der Waals surface area contributed by atoms with Crippen LogP contribution < -0.4 is 10.4 Å². The average molecular weight is 274 g/mol. The molecule has 0 amide bonds. The largest absolute Gasteiger partial charge is 0.426 e. The van der Waals surface area contributed by atoms with Crippen LogP contribution in [0.1, 0.15) is 33.6 Å². The number of carbonyl (C=O) groups is 1. The number of fused-ring (bicyclic) bond motifs is 1. The zero-order valence-electron chi connectivity index (χ0n) is 11.9. The maximum absolute atomic E-state index is 12.2. The van der Waals surface area contributed by atoms with Gasteiger partial charge in [0.2, 0.25) is 0 Å². The molecule has 2 aromatic rings. The Morgan fingerprint density at radius 2 is 1.85 bits per heavy atom. The molecule has 0 aliphatic carbocycles. The predicted molar refractivity (Wildman–Crippen MR) is 76.8 cm³/mol. The summed E-state index contributed by atoms with van der Waals surface area (Å²) < 4.78 is 10.5. The molecule has 4 nitrogen and oxygen atoms in total. The summed E-state index contributed by atoms with van der Waals surface area (Å²) in [5.41, 5.74) is -0.502. The van der Waals surface area contributed by atoms with E-state index in [9.17, 15) is 9.59 Å². The first-order valence-corrected chi connectivity index (χ1v) is 6.74. The zero-order valence-corrected chi connectivity index (χ0v) is 11.9. The number of hydrogen-bond donors (Lipinski definition) is 0. The highest BCUT2D eigenvalue weighted by Gasteiger charge is 2.31. The summed E-state index contributed by atoms with van der Waals surface area (Å²) in [6.07, 6.45) is 1.43. The zero-order chi connectivity index (χ0) is 14.8. The molecule has 4 heteroatoms. The monoisotopic (exact) mass is 274 g/mol. The highest BCUT2D eigenvalue weighted by atomic mass is 16.5. The van der Waals surface area contributed by atoms with Gasteiger partial charge in [-0.15, -0.1) is 0 Å². The first-order valence-electron chi connectivity index (χ1n) is 6.74. The molecule has 0 aliphatic rings. The number of rotatable bonds is 4. The fourth-order valence-corrected chi connectivity index (χ4v) is 1.87. The van der Waals surface area contributed by atoms with Crippen LogP contribution in [-0.2, 0) is 4.79 Å². The molecule has 0 spiro atoms. The molecule has 0 saturated heterocycles. The van der Waals surface area contributed by atoms with E-state index in [0.29, 0.717) is 24.2 Å². The lowest BCUT2D eigenvalue weighted by Crippen LogP contribution is -2.30. The van der Waals surface area contributed by atoms with E-state index in [4.69, 9.17) is 9.15 Å². The van der Waals surface area contributed by atoms with Crippen LogP contribution in [0.25, 0.3) is 11.0 Å². The standard InChI is InChI=1S/C16H18O4/c1-4-16(3,5-2)15(18)19-12-8-6-11-7-9-14(17)20-13(11)10-12/h6-10H,4-5H2,1-3H3. The van der Waals surface area contributed by atoms with Gasteiger partial charge >= 0.3 is 11.6 Å². The van der Waals surface area contributed by atoms with Crippen molar-refractivity contribution < 1.29 is 13.9 Å². The van der Waals surface area contributed by atoms with Crippen molar-refractivity contribution in [1.82, 2.24) is 0 Å². The van der Waals surface area contributed by atoms with Crippen molar-refractivity contribution in [3.63, 3.8) is 0 Å². The molecule has 2 rings (SSSR count). The van der Waals surface area contributed by atoms with Crippen LogP contribution in [0.2, 0.25) is 0 Å². The Hall–Kier alpha value is -2.10. The van der Waals surface area contributed by atoms with E-state index >= 15 is 0 Å². The van der Waals surface area contributed by atoms with Gasteiger partial charge in [-0.05, 0) is 38.0 Å². The molecule has 0 unspecified atom stereocenters. The third kappa shape index (κ3) is 2.74. The molecule has 1 aromatic heterocycles. The van der Waals surface area contributed by atoms with E-state index in [1.807, 2.05) is 20.8 Å². The quantitative estimate of drug-likeness (QED) is 0.486. The Morgan fingerprint density at radius 3 is 2.50 bits per heavy atom. The fraction of sp³-hybridized carbons (Fsp3) is 0.375. The van der Waals surface area contributed by atoms with Gasteiger partial charge in [0.15, 0.2) is 0 Å². The van der Waals surface area contributed by atoms with E-state index in [1.54, 1.807) is 24.3 Å². The van der Waals surface area contributed by atoms with E-state index < -0.39 is 11.0 Å². The molecule has 1 heterocycles. The van der Waals surface area contributed by atoms with Crippen LogP contribution in [-0.4, -0.2) is 5.97 Å². The van der Waals surface area contributed by atoms with Crippen LogP contribution in [0.3, 0.4) is 0 Å². The van der Waals surface area contributed by atoms with Gasteiger partial charge in [0.1, 0.15) is 11.3 Å². The Morgan fingerprint density at radius 1 is 1.20 bits per heavy atom. The Bertz CT molecular complexity index is 680. The van der Waals surface area contributed by atoms with Crippen LogP contribution in [0.15, 0.2) is 39.5 Å². The van der Waals surface area contributed by atoms with Crippen LogP contribution in [0.5, 0.6) is 5.75 Å². The summed E-state index contributed by atoms with van der Waals surface area (Å²) in [6, 6.07) is 8.07. The summed E-state index contributed by atoms with van der Waals surface area (Å²) in [7, 11) is 0. The summed E-state index contributed by atoms with van der Waals surface area (Å²) >= 11 is 0. The SMILES string of the molecule is CCC(C)(CC)C(=O)Oc1ccc2ccc(=O)oc2c1. The second kappa shape index (κ2) is 5.49. The van der Waals surface area contributed by atoms with Crippen molar-refractivity contribution in [2.24, 2.45) is 5.41 Å². The minimum Gasteiger partial charge on any atom is -0.426 e. The number of esters is 1. The fourth-order valence-electron chi connectivity index (χ4n) is 1.87. The van der Waals surface area contributed by atoms with Gasteiger partial charge < -0.3 is 9.15 Å². The number of benzene rings is 1. The lowest BCUT2D eigenvalue weighted by molar-refractivity contribution is -0.145. The molecule has 0 fully saturated rings. The summed E-state index contributed by atoms with van der Waals surface area (Å²) in [5, 5.41) is 0.790. The average Bonchev–Trinajstić information content (AvgIpc) is 2.45. The predicted octanol–water partition coefficient (Wildman–Crippen LogP) is 3.52. The van der Waals surface area contributed by atoms with Gasteiger partial charge in [-0.1, -0.05) is 13.8 Å². The first-order chi connectivity index (χ1) is 9.48. The van der Waals surface area contributed by atoms with E-state index in [2.05, 4.69) is 0 Å². The molecule has 0 saturated carbocycles. The van der Waals surface area contributed by atoms with Crippen LogP contribution in [0, 0.1) is 5.41 Å². The molecule has 0 atom stereocenters. The third-order valence-electron chi connectivity index (χ3n) is 3.86. The van der Waals surface area contributed by atoms with Crippen molar-refractivity contribution in [2.45, 2.75) is 33.6 Å². The highest BCUT2D eigenvalue weighted by Crippen LogP contribution is 2.29. The Kier molecular flexibility index (Phi) is 3.93. The lowest BCUT2D eigenvalue weighted by Gasteiger charge is -2.23. The molecule has 0 radical (unpaired) electrons. The second-order valence-corrected chi connectivity index (χ2v) is 5.11. The van der Waals surface area contributed by atoms with Gasteiger partial charge in [-0.3, -0.25) is 4.79 Å². The number of ether oxygens (including phenoxy) is 1. The van der Waals surface area contributed by atoms with Crippen LogP contribution in [0.4, 0.5) is 0 Å². The maximum atomic E-state index is 12.2. The van der Waals surface area contributed by atoms with Gasteiger partial charge in [0, 0.05) is 17.5 Å². The topological polar surface area (TPSA) is 56.5 Å². The summed E-state index contributed by atoms with van der Waals surface area (Å²) in [4.78, 5) is 23.4. The molecule has 0 bridgehead atoms. The van der Waals surface area contributed by atoms with Gasteiger partial charge in [0.05, 0.1) is 5.41 Å². The minimum atomic E-state index is -0.494. The van der Waals surface area contributed by atoms with E-state index in [1.165, 1.54) is 6.07 Å². The highest BCUT2D eigenvalue weighted by molar-refractivity contribution is 5.82. The Balaban J connectivity index is 2.30. The molecule has 1 aromatic carbocycles. The van der Waals surface area contributed by atoms with Crippen molar-refractivity contribution in [3.8, 4) is 5.75 Å². The Labute approximate surface area is 117 Å². The molecule has 0 aliphatic heterocycles. The number of carbonyl (C=O) groups excluding carboxylic acids is 1. The summed E-state index contributed by atoms with van der Waals surface area (Å²) in [6.45, 7) is 5.81. The van der Waals surface area contributed by atoms with Crippen molar-refractivity contribution in [1.29, 1.82) is 0 Å². The van der Waals surface area contributed by atoms with Crippen molar-refractivity contribution in [2.75, 3.05) is 0 Å². The first kappa shape index (κ1) is 14.3. The number of hydrogen-bond acceptors (Lipinski definition) is 4. The van der Waals surface area contributed by atoms with Crippen LogP contribution >= 0.6 is 0 Å². The van der Waals surface area contributed by atoms with Crippen molar-refractivity contribution >= 4 is 16.9 Å². The third-order valence-corrected chi connectivity index (χ3v) is 3.86. The van der Waals surface area contributed by atoms with Gasteiger partial charge in [-0.2, -0.15) is 0 Å². The van der Waals surface area contributed by atoms with E-state index in [-0.39, 0.29) is 5.97 Å². The normalized spacial score (nSPS) is 11.6. The van der Waals surface area contributed by atoms with E-state index in [0.717, 1.165) is 5.39 Å². The summed E-state index contributed by atoms with van der Waals surface area (Å²) in [5.74, 6) is 0.130. The van der Waals surface area contributed by atoms with Crippen molar-refractivity contribution in [3.05, 3.63) is 40.8 Å². The smallest absolute Gasteiger partial charge is 0.336 e.